The highest BCUT2D eigenvalue weighted by Crippen LogP contribution is 2.55. The van der Waals surface area contributed by atoms with Crippen LogP contribution in [0.4, 0.5) is 0 Å². The van der Waals surface area contributed by atoms with Gasteiger partial charge in [-0.15, -0.1) is 0 Å². The molecule has 4 rings (SSSR count). The first-order chi connectivity index (χ1) is 8.70. The lowest BCUT2D eigenvalue weighted by atomic mass is 9.78. The first kappa shape index (κ1) is 11.2. The lowest BCUT2D eigenvalue weighted by Gasteiger charge is -2.42. The zero-order valence-corrected chi connectivity index (χ0v) is 10.5. The van der Waals surface area contributed by atoms with E-state index in [-0.39, 0.29) is 29.9 Å². The number of hydrogen-bond donors (Lipinski definition) is 0. The van der Waals surface area contributed by atoms with Gasteiger partial charge >= 0.3 is 5.97 Å². The monoisotopic (exact) mass is 254 g/mol. The molecule has 4 aliphatic rings. The van der Waals surface area contributed by atoms with E-state index in [9.17, 15) is 4.79 Å². The molecule has 3 heterocycles. The Morgan fingerprint density at radius 2 is 2.06 bits per heavy atom. The molecule has 0 radical (unpaired) electrons. The van der Waals surface area contributed by atoms with Crippen LogP contribution in [0.5, 0.6) is 0 Å². The van der Waals surface area contributed by atoms with Crippen LogP contribution < -0.4 is 0 Å². The summed E-state index contributed by atoms with van der Waals surface area (Å²) in [6.07, 6.45) is 5.10. The van der Waals surface area contributed by atoms with Crippen molar-refractivity contribution in [3.8, 4) is 0 Å². The van der Waals surface area contributed by atoms with Crippen molar-refractivity contribution in [2.45, 2.75) is 68.2 Å². The number of carbonyl (C=O) groups excluding carboxylic acids is 1. The van der Waals surface area contributed by atoms with Crippen LogP contribution in [0.2, 0.25) is 0 Å². The minimum Gasteiger partial charge on any atom is -0.469 e. The number of esters is 1. The Bertz CT molecular complexity index is 380. The summed E-state index contributed by atoms with van der Waals surface area (Å²) in [7, 11) is 1.42. The van der Waals surface area contributed by atoms with Gasteiger partial charge in [-0.3, -0.25) is 4.79 Å². The van der Waals surface area contributed by atoms with Gasteiger partial charge < -0.3 is 18.9 Å². The highest BCUT2D eigenvalue weighted by molar-refractivity contribution is 5.69. The van der Waals surface area contributed by atoms with Gasteiger partial charge in [0, 0.05) is 12.8 Å². The molecular formula is C13H18O5. The van der Waals surface area contributed by atoms with Crippen LogP contribution >= 0.6 is 0 Å². The van der Waals surface area contributed by atoms with Crippen molar-refractivity contribution in [1.82, 2.24) is 0 Å². The van der Waals surface area contributed by atoms with E-state index in [1.165, 1.54) is 7.11 Å². The van der Waals surface area contributed by atoms with E-state index in [1.807, 2.05) is 0 Å². The Hall–Kier alpha value is -0.650. The summed E-state index contributed by atoms with van der Waals surface area (Å²) in [4.78, 5) is 11.4. The van der Waals surface area contributed by atoms with Gasteiger partial charge in [0.2, 0.25) is 0 Å². The molecule has 1 unspecified atom stereocenters. The molecule has 5 nitrogen and oxygen atoms in total. The van der Waals surface area contributed by atoms with Gasteiger partial charge in [-0.05, 0) is 12.8 Å². The molecule has 3 saturated heterocycles. The third-order valence-electron chi connectivity index (χ3n) is 4.78. The van der Waals surface area contributed by atoms with Gasteiger partial charge in [0.05, 0.1) is 43.5 Å². The third kappa shape index (κ3) is 1.54. The molecule has 0 N–H and O–H groups in total. The Morgan fingerprint density at radius 3 is 2.83 bits per heavy atom. The van der Waals surface area contributed by atoms with E-state index < -0.39 is 0 Å². The number of ether oxygens (including phenoxy) is 4. The number of methoxy groups -OCH3 is 1. The summed E-state index contributed by atoms with van der Waals surface area (Å²) in [6.45, 7) is 0. The number of rotatable bonds is 2. The lowest BCUT2D eigenvalue weighted by molar-refractivity contribution is -0.178. The van der Waals surface area contributed by atoms with Crippen LogP contribution in [0.15, 0.2) is 0 Å². The topological polar surface area (TPSA) is 57.3 Å². The molecule has 18 heavy (non-hydrogen) atoms. The third-order valence-corrected chi connectivity index (χ3v) is 4.78. The molecule has 1 saturated carbocycles. The fourth-order valence-electron chi connectivity index (χ4n) is 3.90. The van der Waals surface area contributed by atoms with Crippen LogP contribution in [0, 0.1) is 0 Å². The van der Waals surface area contributed by atoms with Gasteiger partial charge in [-0.2, -0.15) is 0 Å². The summed E-state index contributed by atoms with van der Waals surface area (Å²) in [6, 6.07) is 0. The van der Waals surface area contributed by atoms with Crippen molar-refractivity contribution in [3.63, 3.8) is 0 Å². The maximum absolute atomic E-state index is 11.4. The number of hydrogen-bond acceptors (Lipinski definition) is 5. The van der Waals surface area contributed by atoms with Crippen molar-refractivity contribution in [2.24, 2.45) is 0 Å². The predicted octanol–water partition coefficient (Wildman–Crippen LogP) is 0.796. The summed E-state index contributed by atoms with van der Waals surface area (Å²) < 4.78 is 22.6. The normalized spacial score (nSPS) is 52.4. The molecule has 1 spiro atoms. The minimum atomic E-state index is -0.195. The van der Waals surface area contributed by atoms with Crippen molar-refractivity contribution in [3.05, 3.63) is 0 Å². The van der Waals surface area contributed by atoms with E-state index in [4.69, 9.17) is 18.9 Å². The second-order valence-corrected chi connectivity index (χ2v) is 5.87. The van der Waals surface area contributed by atoms with Crippen molar-refractivity contribution in [1.29, 1.82) is 0 Å². The lowest BCUT2D eigenvalue weighted by Crippen LogP contribution is -2.50. The predicted molar refractivity (Wildman–Crippen MR) is 60.0 cm³/mol. The smallest absolute Gasteiger partial charge is 0.308 e. The van der Waals surface area contributed by atoms with E-state index in [0.717, 1.165) is 25.7 Å². The fraction of sp³-hybridized carbons (Fsp3) is 0.923. The molecule has 1 aliphatic carbocycles. The van der Waals surface area contributed by atoms with Gasteiger partial charge in [0.25, 0.3) is 0 Å². The van der Waals surface area contributed by atoms with Crippen LogP contribution in [-0.2, 0) is 23.7 Å². The molecule has 2 bridgehead atoms. The summed E-state index contributed by atoms with van der Waals surface area (Å²) >= 11 is 0. The average Bonchev–Trinajstić information content (AvgIpc) is 3.04. The van der Waals surface area contributed by atoms with Crippen molar-refractivity contribution < 1.29 is 23.7 Å². The standard InChI is InChI=1S/C13H18O5/c1-15-11(14)4-7-2-3-10-13(18-7)5-8(16-10)12-9(6-13)17-12/h7-10,12H,2-6H2,1H3/t7-,8+,9?,10+,12+,13-/m1/s1. The molecule has 3 aliphatic heterocycles. The van der Waals surface area contributed by atoms with Gasteiger partial charge in [-0.25, -0.2) is 0 Å². The Balaban J connectivity index is 1.50. The van der Waals surface area contributed by atoms with Gasteiger partial charge in [0.15, 0.2) is 0 Å². The molecule has 4 fully saturated rings. The number of epoxide rings is 1. The van der Waals surface area contributed by atoms with E-state index in [0.29, 0.717) is 18.6 Å². The molecule has 6 atom stereocenters. The molecule has 100 valence electrons. The maximum Gasteiger partial charge on any atom is 0.308 e. The molecule has 0 amide bonds. The van der Waals surface area contributed by atoms with Crippen LogP contribution in [-0.4, -0.2) is 49.2 Å². The molecule has 0 aromatic carbocycles. The highest BCUT2D eigenvalue weighted by Gasteiger charge is 2.66. The first-order valence-electron chi connectivity index (χ1n) is 6.76. The number of fused-ring (bicyclic) bond motifs is 3. The largest absolute Gasteiger partial charge is 0.469 e. The zero-order valence-electron chi connectivity index (χ0n) is 10.5. The molecule has 0 aromatic rings. The van der Waals surface area contributed by atoms with Crippen LogP contribution in [0.3, 0.4) is 0 Å². The quantitative estimate of drug-likeness (QED) is 0.539. The Morgan fingerprint density at radius 1 is 1.28 bits per heavy atom. The SMILES string of the molecule is COC(=O)C[C@H]1CC[C@@H]2O[C@H]3C[C@]2(CC2O[C@H]23)O1. The number of carbonyl (C=O) groups is 1. The summed E-state index contributed by atoms with van der Waals surface area (Å²) in [5.74, 6) is -0.193. The van der Waals surface area contributed by atoms with Gasteiger partial charge in [-0.1, -0.05) is 0 Å². The zero-order chi connectivity index (χ0) is 12.3. The Labute approximate surface area is 106 Å². The maximum atomic E-state index is 11.4. The first-order valence-corrected chi connectivity index (χ1v) is 6.76. The highest BCUT2D eigenvalue weighted by atomic mass is 16.6. The van der Waals surface area contributed by atoms with Gasteiger partial charge in [0.1, 0.15) is 6.10 Å². The van der Waals surface area contributed by atoms with Crippen LogP contribution in [0.25, 0.3) is 0 Å². The average molecular weight is 254 g/mol. The molecular weight excluding hydrogens is 236 g/mol. The second kappa shape index (κ2) is 3.68. The molecule has 5 heteroatoms. The summed E-state index contributed by atoms with van der Waals surface area (Å²) in [5, 5.41) is 0. The van der Waals surface area contributed by atoms with Crippen molar-refractivity contribution >= 4 is 5.97 Å². The van der Waals surface area contributed by atoms with E-state index in [1.54, 1.807) is 0 Å². The van der Waals surface area contributed by atoms with E-state index >= 15 is 0 Å². The second-order valence-electron chi connectivity index (χ2n) is 5.87. The fourth-order valence-corrected chi connectivity index (χ4v) is 3.90. The van der Waals surface area contributed by atoms with Crippen molar-refractivity contribution in [2.75, 3.05) is 7.11 Å². The van der Waals surface area contributed by atoms with E-state index in [2.05, 4.69) is 0 Å². The molecule has 0 aromatic heterocycles. The Kier molecular flexibility index (Phi) is 2.29. The minimum absolute atomic E-state index is 0.0219. The van der Waals surface area contributed by atoms with Crippen LogP contribution in [0.1, 0.15) is 32.1 Å². The summed E-state index contributed by atoms with van der Waals surface area (Å²) in [5.41, 5.74) is -0.195.